The molecule has 5 heteroatoms. The monoisotopic (exact) mass is 331 g/mol. The van der Waals surface area contributed by atoms with Crippen molar-refractivity contribution in [2.45, 2.75) is 19.8 Å². The molecular formula is C18H18ClNO3. The van der Waals surface area contributed by atoms with Crippen molar-refractivity contribution in [3.8, 4) is 11.5 Å². The molecule has 0 aliphatic carbocycles. The topological polar surface area (TPSA) is 47.6 Å². The summed E-state index contributed by atoms with van der Waals surface area (Å²) in [5.41, 5.74) is 2.89. The van der Waals surface area contributed by atoms with Gasteiger partial charge >= 0.3 is 0 Å². The molecule has 0 unspecified atom stereocenters. The van der Waals surface area contributed by atoms with E-state index in [2.05, 4.69) is 5.32 Å². The third kappa shape index (κ3) is 3.96. The van der Waals surface area contributed by atoms with E-state index >= 15 is 0 Å². The third-order valence-corrected chi connectivity index (χ3v) is 3.98. The van der Waals surface area contributed by atoms with Crippen molar-refractivity contribution in [3.05, 3.63) is 52.5 Å². The molecule has 2 aromatic rings. The lowest BCUT2D eigenvalue weighted by molar-refractivity contribution is -0.116. The molecular weight excluding hydrogens is 314 g/mol. The van der Waals surface area contributed by atoms with E-state index in [1.54, 1.807) is 12.1 Å². The molecule has 1 N–H and O–H groups in total. The second kappa shape index (κ2) is 6.92. The number of carbonyl (C=O) groups excluding carboxylic acids is 1. The number of nitrogens with one attached hydrogen (secondary N) is 1. The Labute approximate surface area is 140 Å². The van der Waals surface area contributed by atoms with Crippen LogP contribution >= 0.6 is 11.6 Å². The Morgan fingerprint density at radius 3 is 2.48 bits per heavy atom. The van der Waals surface area contributed by atoms with E-state index in [1.165, 1.54) is 5.56 Å². The number of anilines is 1. The van der Waals surface area contributed by atoms with E-state index in [4.69, 9.17) is 21.1 Å². The molecule has 0 radical (unpaired) electrons. The van der Waals surface area contributed by atoms with Gasteiger partial charge in [0, 0.05) is 18.6 Å². The molecule has 1 aliphatic heterocycles. The normalized spacial score (nSPS) is 12.8. The van der Waals surface area contributed by atoms with E-state index in [-0.39, 0.29) is 5.91 Å². The lowest BCUT2D eigenvalue weighted by Gasteiger charge is -2.20. The first-order valence-corrected chi connectivity index (χ1v) is 7.94. The summed E-state index contributed by atoms with van der Waals surface area (Å²) in [6, 6.07) is 11.6. The van der Waals surface area contributed by atoms with Crippen molar-refractivity contribution < 1.29 is 14.3 Å². The predicted octanol–water partition coefficient (Wildman–Crippen LogP) is 3.99. The molecule has 23 heavy (non-hydrogen) atoms. The van der Waals surface area contributed by atoms with Gasteiger partial charge in [-0.2, -0.15) is 0 Å². The SMILES string of the molecule is Cc1ccc(CCC(=O)Nc2cc3c(cc2Cl)OCCO3)cc1. The molecule has 4 nitrogen and oxygen atoms in total. The van der Waals surface area contributed by atoms with Crippen LogP contribution < -0.4 is 14.8 Å². The van der Waals surface area contributed by atoms with Crippen molar-refractivity contribution in [2.75, 3.05) is 18.5 Å². The molecule has 1 aliphatic rings. The van der Waals surface area contributed by atoms with Crippen LogP contribution in [0.2, 0.25) is 5.02 Å². The first-order valence-electron chi connectivity index (χ1n) is 7.56. The third-order valence-electron chi connectivity index (χ3n) is 3.67. The highest BCUT2D eigenvalue weighted by Crippen LogP contribution is 2.37. The number of carbonyl (C=O) groups is 1. The second-order valence-corrected chi connectivity index (χ2v) is 5.92. The first kappa shape index (κ1) is 15.7. The Morgan fingerprint density at radius 1 is 1.13 bits per heavy atom. The van der Waals surface area contributed by atoms with Crippen LogP contribution in [0.1, 0.15) is 17.5 Å². The maximum atomic E-state index is 12.1. The van der Waals surface area contributed by atoms with E-state index < -0.39 is 0 Å². The number of rotatable bonds is 4. The minimum absolute atomic E-state index is 0.0795. The molecule has 0 fully saturated rings. The number of ether oxygens (including phenoxy) is 2. The van der Waals surface area contributed by atoms with E-state index in [0.717, 1.165) is 5.56 Å². The van der Waals surface area contributed by atoms with Crippen LogP contribution in [0.5, 0.6) is 11.5 Å². The first-order chi connectivity index (χ1) is 11.1. The Hall–Kier alpha value is -2.20. The van der Waals surface area contributed by atoms with Gasteiger partial charge in [-0.15, -0.1) is 0 Å². The summed E-state index contributed by atoms with van der Waals surface area (Å²) >= 11 is 6.19. The van der Waals surface area contributed by atoms with E-state index in [9.17, 15) is 4.79 Å². The van der Waals surface area contributed by atoms with Gasteiger partial charge in [-0.25, -0.2) is 0 Å². The van der Waals surface area contributed by atoms with Crippen LogP contribution in [-0.4, -0.2) is 19.1 Å². The lowest BCUT2D eigenvalue weighted by Crippen LogP contribution is -2.17. The number of aryl methyl sites for hydroxylation is 2. The maximum Gasteiger partial charge on any atom is 0.224 e. The Kier molecular flexibility index (Phi) is 4.72. The minimum atomic E-state index is -0.0795. The van der Waals surface area contributed by atoms with Crippen LogP contribution in [0.4, 0.5) is 5.69 Å². The molecule has 2 aromatic carbocycles. The highest BCUT2D eigenvalue weighted by atomic mass is 35.5. The molecule has 0 saturated heterocycles. The van der Waals surface area contributed by atoms with Gasteiger partial charge < -0.3 is 14.8 Å². The van der Waals surface area contributed by atoms with Crippen molar-refractivity contribution in [3.63, 3.8) is 0 Å². The van der Waals surface area contributed by atoms with Crippen molar-refractivity contribution >= 4 is 23.2 Å². The van der Waals surface area contributed by atoms with Gasteiger partial charge in [-0.1, -0.05) is 41.4 Å². The fourth-order valence-electron chi connectivity index (χ4n) is 2.39. The van der Waals surface area contributed by atoms with Gasteiger partial charge in [-0.05, 0) is 18.9 Å². The number of halogens is 1. The molecule has 120 valence electrons. The zero-order valence-corrected chi connectivity index (χ0v) is 13.7. The fourth-order valence-corrected chi connectivity index (χ4v) is 2.59. The zero-order valence-electron chi connectivity index (χ0n) is 12.9. The zero-order chi connectivity index (χ0) is 16.2. The summed E-state index contributed by atoms with van der Waals surface area (Å²) in [5.74, 6) is 1.14. The summed E-state index contributed by atoms with van der Waals surface area (Å²) in [5, 5.41) is 3.28. The molecule has 0 saturated carbocycles. The number of fused-ring (bicyclic) bond motifs is 1. The van der Waals surface area contributed by atoms with E-state index in [1.807, 2.05) is 31.2 Å². The van der Waals surface area contributed by atoms with Crippen LogP contribution in [0, 0.1) is 6.92 Å². The Balaban J connectivity index is 1.62. The smallest absolute Gasteiger partial charge is 0.224 e. The maximum absolute atomic E-state index is 12.1. The fraction of sp³-hybridized carbons (Fsp3) is 0.278. The number of hydrogen-bond acceptors (Lipinski definition) is 3. The van der Waals surface area contributed by atoms with Gasteiger partial charge in [0.25, 0.3) is 0 Å². The lowest BCUT2D eigenvalue weighted by atomic mass is 10.1. The van der Waals surface area contributed by atoms with Gasteiger partial charge in [0.15, 0.2) is 11.5 Å². The quantitative estimate of drug-likeness (QED) is 0.921. The summed E-state index contributed by atoms with van der Waals surface area (Å²) in [6.45, 7) is 3.04. The average molecular weight is 332 g/mol. The molecule has 3 rings (SSSR count). The van der Waals surface area contributed by atoms with Gasteiger partial charge in [0.2, 0.25) is 5.91 Å². The number of benzene rings is 2. The average Bonchev–Trinajstić information content (AvgIpc) is 2.55. The largest absolute Gasteiger partial charge is 0.486 e. The van der Waals surface area contributed by atoms with Crippen LogP contribution in [0.15, 0.2) is 36.4 Å². The van der Waals surface area contributed by atoms with Crippen LogP contribution in [0.25, 0.3) is 0 Å². The van der Waals surface area contributed by atoms with Gasteiger partial charge in [0.05, 0.1) is 10.7 Å². The molecule has 1 amide bonds. The van der Waals surface area contributed by atoms with Crippen molar-refractivity contribution in [2.24, 2.45) is 0 Å². The molecule has 1 heterocycles. The van der Waals surface area contributed by atoms with E-state index in [0.29, 0.717) is 48.3 Å². The summed E-state index contributed by atoms with van der Waals surface area (Å²) in [4.78, 5) is 12.1. The molecule has 0 spiro atoms. The summed E-state index contributed by atoms with van der Waals surface area (Å²) < 4.78 is 11.0. The molecule has 0 aromatic heterocycles. The summed E-state index contributed by atoms with van der Waals surface area (Å²) in [6.07, 6.45) is 1.09. The Bertz CT molecular complexity index is 713. The summed E-state index contributed by atoms with van der Waals surface area (Å²) in [7, 11) is 0. The van der Waals surface area contributed by atoms with Crippen molar-refractivity contribution in [1.82, 2.24) is 0 Å². The predicted molar refractivity (Wildman–Crippen MR) is 90.6 cm³/mol. The van der Waals surface area contributed by atoms with Crippen LogP contribution in [0.3, 0.4) is 0 Å². The van der Waals surface area contributed by atoms with Gasteiger partial charge in [0.1, 0.15) is 13.2 Å². The molecule has 0 atom stereocenters. The molecule has 0 bridgehead atoms. The standard InChI is InChI=1S/C18H18ClNO3/c1-12-2-4-13(5-3-12)6-7-18(21)20-15-11-17-16(10-14(15)19)22-8-9-23-17/h2-5,10-11H,6-9H2,1H3,(H,20,21). The number of hydrogen-bond donors (Lipinski definition) is 1. The highest BCUT2D eigenvalue weighted by molar-refractivity contribution is 6.34. The highest BCUT2D eigenvalue weighted by Gasteiger charge is 2.16. The second-order valence-electron chi connectivity index (χ2n) is 5.51. The minimum Gasteiger partial charge on any atom is -0.486 e. The Morgan fingerprint density at radius 2 is 1.78 bits per heavy atom. The van der Waals surface area contributed by atoms with Gasteiger partial charge in [-0.3, -0.25) is 4.79 Å². The van der Waals surface area contributed by atoms with Crippen molar-refractivity contribution in [1.29, 1.82) is 0 Å². The number of amides is 1. The van der Waals surface area contributed by atoms with Crippen LogP contribution in [-0.2, 0) is 11.2 Å².